The molecule has 0 amide bonds. The highest BCUT2D eigenvalue weighted by atomic mass is 16.6. The monoisotopic (exact) mass is 627 g/mol. The van der Waals surface area contributed by atoms with E-state index in [2.05, 4.69) is 0 Å². The summed E-state index contributed by atoms with van der Waals surface area (Å²) < 4.78 is 26.9. The van der Waals surface area contributed by atoms with E-state index in [1.54, 1.807) is 13.8 Å². The maximum absolute atomic E-state index is 13.2. The van der Waals surface area contributed by atoms with Crippen LogP contribution in [0.2, 0.25) is 0 Å². The number of nitro groups is 1. The Balaban J connectivity index is 4.21. The van der Waals surface area contributed by atoms with Crippen LogP contribution in [0.3, 0.4) is 0 Å². The average molecular weight is 628 g/mol. The van der Waals surface area contributed by atoms with Crippen LogP contribution in [0.15, 0.2) is 11.1 Å². The predicted octanol–water partition coefficient (Wildman–Crippen LogP) is 2.22. The van der Waals surface area contributed by atoms with E-state index in [0.717, 1.165) is 41.5 Å². The summed E-state index contributed by atoms with van der Waals surface area (Å²) in [6.07, 6.45) is -8.18. The second-order valence-electron chi connectivity index (χ2n) is 11.0. The van der Waals surface area contributed by atoms with Gasteiger partial charge in [-0.2, -0.15) is 0 Å². The first-order valence-corrected chi connectivity index (χ1v) is 13.9. The van der Waals surface area contributed by atoms with Crippen LogP contribution in [0.4, 0.5) is 0 Å². The number of carbonyl (C=O) groups excluding carboxylic acids is 7. The topological polar surface area (TPSA) is 209 Å². The van der Waals surface area contributed by atoms with E-state index in [1.165, 1.54) is 6.92 Å². The molecule has 0 N–H and O–H groups in total. The fraction of sp³-hybridized carbons (Fsp3) is 0.690. The van der Waals surface area contributed by atoms with Crippen LogP contribution in [0.25, 0.3) is 0 Å². The van der Waals surface area contributed by atoms with Crippen LogP contribution < -0.4 is 0 Å². The Morgan fingerprint density at radius 1 is 0.773 bits per heavy atom. The van der Waals surface area contributed by atoms with Crippen LogP contribution in [0, 0.1) is 22.0 Å². The maximum atomic E-state index is 13.2. The van der Waals surface area contributed by atoms with Gasteiger partial charge in [0.25, 0.3) is 0 Å². The summed E-state index contributed by atoms with van der Waals surface area (Å²) in [5.74, 6) is -8.84. The van der Waals surface area contributed by atoms with Crippen molar-refractivity contribution in [2.45, 2.75) is 112 Å². The molecule has 15 nitrogen and oxygen atoms in total. The van der Waals surface area contributed by atoms with Crippen molar-refractivity contribution >= 4 is 41.4 Å². The molecule has 44 heavy (non-hydrogen) atoms. The van der Waals surface area contributed by atoms with Gasteiger partial charge in [-0.25, -0.2) is 0 Å². The second-order valence-corrected chi connectivity index (χ2v) is 11.0. The van der Waals surface area contributed by atoms with Crippen LogP contribution in [-0.4, -0.2) is 82.9 Å². The first-order valence-electron chi connectivity index (χ1n) is 13.9. The Labute approximate surface area is 255 Å². The summed E-state index contributed by atoms with van der Waals surface area (Å²) in [4.78, 5) is 98.9. The van der Waals surface area contributed by atoms with Crippen LogP contribution in [-0.2, 0) is 57.2 Å². The lowest BCUT2D eigenvalue weighted by atomic mass is 9.60. The number of allylic oxidation sites excluding steroid dienone is 1. The number of hydrogen-bond acceptors (Lipinski definition) is 14. The molecule has 0 unspecified atom stereocenters. The number of hydrogen-bond donors (Lipinski definition) is 0. The third kappa shape index (κ3) is 9.95. The number of nitrogens with zero attached hydrogens (tertiary/aromatic N) is 1. The highest BCUT2D eigenvalue weighted by Crippen LogP contribution is 2.49. The zero-order chi connectivity index (χ0) is 34.1. The number of ether oxygens (including phenoxy) is 5. The lowest BCUT2D eigenvalue weighted by Gasteiger charge is -2.46. The van der Waals surface area contributed by atoms with Crippen molar-refractivity contribution in [2.75, 3.05) is 6.61 Å². The molecular weight excluding hydrogens is 586 g/mol. The standard InChI is InChI=1S/C29H41NO14/c1-14-10-24(29(30(38)39,12-15(14)2)23(17(4)32)11-16(3)31)26(42-20(7)35)28(44-22(9)37)27(43-21(8)36)25(41-19(6)34)13-40-18(5)33/h23-28H,10-13H2,1-9H3/t23-,24+,25-,26-,27-,28-,29-/m1/s1. The third-order valence-corrected chi connectivity index (χ3v) is 7.46. The molecule has 0 aromatic rings. The quantitative estimate of drug-likeness (QED) is 0.0838. The van der Waals surface area contributed by atoms with Crippen molar-refractivity contribution in [1.29, 1.82) is 0 Å². The molecule has 246 valence electrons. The largest absolute Gasteiger partial charge is 0.462 e. The predicted molar refractivity (Wildman–Crippen MR) is 149 cm³/mol. The molecule has 15 heteroatoms. The second kappa shape index (κ2) is 16.1. The smallest absolute Gasteiger partial charge is 0.303 e. The van der Waals surface area contributed by atoms with Crippen molar-refractivity contribution in [3.8, 4) is 0 Å². The molecule has 1 aliphatic carbocycles. The number of carbonyl (C=O) groups is 7. The Morgan fingerprint density at radius 3 is 1.68 bits per heavy atom. The van der Waals surface area contributed by atoms with Crippen molar-refractivity contribution in [3.05, 3.63) is 21.3 Å². The fourth-order valence-corrected chi connectivity index (χ4v) is 5.69. The van der Waals surface area contributed by atoms with Gasteiger partial charge in [-0.05, 0) is 34.1 Å². The minimum atomic E-state index is -2.27. The summed E-state index contributed by atoms with van der Waals surface area (Å²) >= 11 is 0. The van der Waals surface area contributed by atoms with Gasteiger partial charge in [0, 0.05) is 52.4 Å². The van der Waals surface area contributed by atoms with Gasteiger partial charge in [0.1, 0.15) is 18.2 Å². The van der Waals surface area contributed by atoms with Crippen molar-refractivity contribution in [1.82, 2.24) is 0 Å². The van der Waals surface area contributed by atoms with Gasteiger partial charge in [-0.1, -0.05) is 11.1 Å². The van der Waals surface area contributed by atoms with E-state index in [-0.39, 0.29) is 12.8 Å². The molecule has 7 atom stereocenters. The van der Waals surface area contributed by atoms with Gasteiger partial charge in [0.05, 0.1) is 11.8 Å². The van der Waals surface area contributed by atoms with Gasteiger partial charge in [0.2, 0.25) is 5.54 Å². The molecule has 0 spiro atoms. The minimum absolute atomic E-state index is 0.167. The number of Topliss-reactive ketones (excluding diaryl/α,β-unsaturated/α-hetero) is 2. The molecule has 0 fully saturated rings. The first kappa shape index (κ1) is 37.9. The van der Waals surface area contributed by atoms with Crippen molar-refractivity contribution in [2.24, 2.45) is 11.8 Å². The van der Waals surface area contributed by atoms with Gasteiger partial charge in [-0.15, -0.1) is 0 Å². The molecule has 0 heterocycles. The zero-order valence-corrected chi connectivity index (χ0v) is 26.5. The van der Waals surface area contributed by atoms with Gasteiger partial charge in [0.15, 0.2) is 24.4 Å². The molecule has 0 saturated carbocycles. The lowest BCUT2D eigenvalue weighted by Crippen LogP contribution is -2.64. The number of esters is 5. The summed E-state index contributed by atoms with van der Waals surface area (Å²) in [5.41, 5.74) is -1.08. The molecule has 1 aliphatic rings. The van der Waals surface area contributed by atoms with E-state index < -0.39 is 101 Å². The molecular formula is C29H41NO14. The highest BCUT2D eigenvalue weighted by molar-refractivity contribution is 5.86. The minimum Gasteiger partial charge on any atom is -0.462 e. The number of rotatable bonds is 15. The number of ketones is 2. The molecule has 0 aromatic carbocycles. The lowest BCUT2D eigenvalue weighted by molar-refractivity contribution is -0.593. The molecule has 0 radical (unpaired) electrons. The van der Waals surface area contributed by atoms with E-state index >= 15 is 0 Å². The van der Waals surface area contributed by atoms with E-state index in [0.29, 0.717) is 11.1 Å². The SMILES string of the molecule is CC(=O)C[C@H](C(C)=O)[C@]1([N+](=O)[O-])CC(C)=C(C)C[C@H]1[C@@H](OC(C)=O)[C@@H](OC(C)=O)[C@H](OC(C)=O)[C@@H](COC(C)=O)OC(C)=O. The maximum Gasteiger partial charge on any atom is 0.303 e. The van der Waals surface area contributed by atoms with E-state index in [1.807, 2.05) is 0 Å². The average Bonchev–Trinajstić information content (AvgIpc) is 2.86. The van der Waals surface area contributed by atoms with E-state index in [9.17, 15) is 43.7 Å². The zero-order valence-electron chi connectivity index (χ0n) is 26.5. The third-order valence-electron chi connectivity index (χ3n) is 7.46. The molecule has 0 saturated heterocycles. The Hall–Kier alpha value is -4.17. The Morgan fingerprint density at radius 2 is 1.27 bits per heavy atom. The summed E-state index contributed by atoms with van der Waals surface area (Å²) in [5, 5.41) is 13.2. The van der Waals surface area contributed by atoms with Crippen LogP contribution in [0.1, 0.15) is 81.6 Å². The van der Waals surface area contributed by atoms with Crippen molar-refractivity contribution in [3.63, 3.8) is 0 Å². The van der Waals surface area contributed by atoms with E-state index in [4.69, 9.17) is 23.7 Å². The summed E-state index contributed by atoms with van der Waals surface area (Å²) in [7, 11) is 0. The van der Waals surface area contributed by atoms with Crippen LogP contribution in [0.5, 0.6) is 0 Å². The Bertz CT molecular complexity index is 1210. The van der Waals surface area contributed by atoms with Gasteiger partial charge < -0.3 is 23.7 Å². The molecule has 0 aromatic heterocycles. The van der Waals surface area contributed by atoms with Gasteiger partial charge in [-0.3, -0.25) is 43.7 Å². The molecule has 1 rings (SSSR count). The molecule has 0 bridgehead atoms. The highest BCUT2D eigenvalue weighted by Gasteiger charge is 2.65. The van der Waals surface area contributed by atoms with Crippen molar-refractivity contribution < 1.29 is 62.2 Å². The van der Waals surface area contributed by atoms with Gasteiger partial charge >= 0.3 is 29.8 Å². The molecule has 0 aliphatic heterocycles. The fourth-order valence-electron chi connectivity index (χ4n) is 5.69. The van der Waals surface area contributed by atoms with Crippen LogP contribution >= 0.6 is 0 Å². The normalized spacial score (nSPS) is 21.4. The Kier molecular flexibility index (Phi) is 13.8. The first-order chi connectivity index (χ1) is 20.2. The summed E-state index contributed by atoms with van der Waals surface area (Å²) in [6, 6.07) is 0. The summed E-state index contributed by atoms with van der Waals surface area (Å²) in [6.45, 7) is 9.89.